The van der Waals surface area contributed by atoms with Crippen molar-refractivity contribution in [2.75, 3.05) is 13.1 Å². The summed E-state index contributed by atoms with van der Waals surface area (Å²) < 4.78 is 2.47. The van der Waals surface area contributed by atoms with Crippen LogP contribution in [0.25, 0.3) is 0 Å². The maximum absolute atomic E-state index is 2.56. The van der Waals surface area contributed by atoms with Crippen molar-refractivity contribution in [3.63, 3.8) is 0 Å². The Morgan fingerprint density at radius 2 is 1.89 bits per heavy atom. The zero-order valence-corrected chi connectivity index (χ0v) is 14.2. The van der Waals surface area contributed by atoms with E-state index in [9.17, 15) is 0 Å². The number of nitrogens with zero attached hydrogens (tertiary/aromatic N) is 1. The number of allylic oxidation sites excluding steroid dienone is 2. The molecule has 0 radical (unpaired) electrons. The highest BCUT2D eigenvalue weighted by Gasteiger charge is 2.46. The summed E-state index contributed by atoms with van der Waals surface area (Å²) in [5.41, 5.74) is 2.53. The maximum Gasteiger partial charge on any atom is 0.0201 e. The highest BCUT2D eigenvalue weighted by Crippen LogP contribution is 2.55. The van der Waals surface area contributed by atoms with Crippen molar-refractivity contribution >= 4 is 22.9 Å². The second kappa shape index (κ2) is 6.74. The lowest BCUT2D eigenvalue weighted by atomic mass is 9.55. The van der Waals surface area contributed by atoms with Crippen molar-refractivity contribution in [2.24, 2.45) is 11.3 Å². The van der Waals surface area contributed by atoms with Crippen LogP contribution in [0, 0.1) is 11.3 Å². The summed E-state index contributed by atoms with van der Waals surface area (Å²) in [5, 5.41) is 0. The van der Waals surface area contributed by atoms with Gasteiger partial charge in [0.15, 0.2) is 0 Å². The molecule has 1 saturated heterocycles. The number of hydrogen-bond donors (Lipinski definition) is 0. The van der Waals surface area contributed by atoms with Crippen molar-refractivity contribution in [2.45, 2.75) is 65.2 Å². The van der Waals surface area contributed by atoms with Crippen molar-refractivity contribution in [3.8, 4) is 0 Å². The van der Waals surface area contributed by atoms with Crippen LogP contribution in [0.1, 0.15) is 65.2 Å². The molecule has 0 aromatic rings. The third kappa shape index (κ3) is 3.50. The van der Waals surface area contributed by atoms with Gasteiger partial charge in [-0.1, -0.05) is 38.3 Å². The molecule has 2 rings (SSSR count). The van der Waals surface area contributed by atoms with E-state index >= 15 is 0 Å². The molecule has 0 bridgehead atoms. The summed E-state index contributed by atoms with van der Waals surface area (Å²) in [6.45, 7) is 7.24. The Bertz CT molecular complexity index is 281. The molecule has 1 nitrogen and oxygen atoms in total. The SMILES string of the molecule is CCC/C=C(/CCC)C1CC2(CCN(I)CC2)C1. The molecule has 0 aromatic heterocycles. The van der Waals surface area contributed by atoms with Gasteiger partial charge in [-0.05, 0) is 49.9 Å². The quantitative estimate of drug-likeness (QED) is 0.362. The molecule has 2 fully saturated rings. The van der Waals surface area contributed by atoms with E-state index < -0.39 is 0 Å². The van der Waals surface area contributed by atoms with E-state index in [1.54, 1.807) is 5.57 Å². The second-order valence-electron chi connectivity index (χ2n) is 6.33. The largest absolute Gasteiger partial charge is 0.248 e. The van der Waals surface area contributed by atoms with Crippen LogP contribution in [0.5, 0.6) is 0 Å². The topological polar surface area (TPSA) is 3.24 Å². The predicted octanol–water partition coefficient (Wildman–Crippen LogP) is 5.36. The van der Waals surface area contributed by atoms with Crippen LogP contribution in [0.4, 0.5) is 0 Å². The minimum atomic E-state index is 0.741. The molecule has 0 N–H and O–H groups in total. The molecule has 0 atom stereocenters. The first-order chi connectivity index (χ1) is 8.69. The van der Waals surface area contributed by atoms with Crippen LogP contribution >= 0.6 is 22.9 Å². The zero-order chi connectivity index (χ0) is 13.0. The third-order valence-electron chi connectivity index (χ3n) is 4.89. The summed E-state index contributed by atoms with van der Waals surface area (Å²) in [5.74, 6) is 0.942. The minimum Gasteiger partial charge on any atom is -0.248 e. The molecular weight excluding hydrogens is 333 g/mol. The normalized spacial score (nSPS) is 25.4. The van der Waals surface area contributed by atoms with Gasteiger partial charge in [0.1, 0.15) is 0 Å². The van der Waals surface area contributed by atoms with Crippen LogP contribution in [-0.2, 0) is 0 Å². The van der Waals surface area contributed by atoms with Crippen LogP contribution in [-0.4, -0.2) is 16.2 Å². The Morgan fingerprint density at radius 1 is 1.22 bits per heavy atom. The van der Waals surface area contributed by atoms with Gasteiger partial charge in [0.25, 0.3) is 0 Å². The first kappa shape index (κ1) is 14.8. The monoisotopic (exact) mass is 361 g/mol. The summed E-state index contributed by atoms with van der Waals surface area (Å²) in [6, 6.07) is 0. The first-order valence-electron chi connectivity index (χ1n) is 7.79. The summed E-state index contributed by atoms with van der Waals surface area (Å²) in [6.07, 6.45) is 13.7. The predicted molar refractivity (Wildman–Crippen MR) is 87.9 cm³/mol. The molecule has 0 aromatic carbocycles. The second-order valence-corrected chi connectivity index (χ2v) is 7.70. The van der Waals surface area contributed by atoms with Crippen LogP contribution < -0.4 is 0 Å². The lowest BCUT2D eigenvalue weighted by Crippen LogP contribution is -2.45. The van der Waals surface area contributed by atoms with Crippen molar-refractivity contribution in [3.05, 3.63) is 11.6 Å². The van der Waals surface area contributed by atoms with Gasteiger partial charge in [0.05, 0.1) is 0 Å². The van der Waals surface area contributed by atoms with E-state index in [1.807, 2.05) is 0 Å². The number of rotatable bonds is 5. The molecule has 1 aliphatic heterocycles. The smallest absolute Gasteiger partial charge is 0.0201 e. The van der Waals surface area contributed by atoms with Crippen LogP contribution in [0.2, 0.25) is 0 Å². The Balaban J connectivity index is 1.86. The summed E-state index contributed by atoms with van der Waals surface area (Å²) in [7, 11) is 0. The Hall–Kier alpha value is 0.430. The number of piperidine rings is 1. The van der Waals surface area contributed by atoms with Crippen molar-refractivity contribution in [1.29, 1.82) is 0 Å². The molecule has 2 heteroatoms. The summed E-state index contributed by atoms with van der Waals surface area (Å²) in [4.78, 5) is 0. The third-order valence-corrected chi connectivity index (χ3v) is 5.85. The highest BCUT2D eigenvalue weighted by molar-refractivity contribution is 14.1. The Labute approximate surface area is 127 Å². The molecular formula is C16H28IN. The fourth-order valence-electron chi connectivity index (χ4n) is 3.70. The molecule has 2 aliphatic rings. The first-order valence-corrected chi connectivity index (χ1v) is 8.75. The fraction of sp³-hybridized carbons (Fsp3) is 0.875. The Morgan fingerprint density at radius 3 is 2.44 bits per heavy atom. The summed E-state index contributed by atoms with van der Waals surface area (Å²) >= 11 is 2.49. The number of unbranched alkanes of at least 4 members (excludes halogenated alkanes) is 1. The van der Waals surface area contributed by atoms with Crippen LogP contribution in [0.15, 0.2) is 11.6 Å². The van der Waals surface area contributed by atoms with Gasteiger partial charge >= 0.3 is 0 Å². The lowest BCUT2D eigenvalue weighted by molar-refractivity contribution is 0.0248. The van der Waals surface area contributed by atoms with E-state index in [1.165, 1.54) is 64.5 Å². The Kier molecular flexibility index (Phi) is 5.55. The van der Waals surface area contributed by atoms with E-state index in [0.717, 1.165) is 11.3 Å². The van der Waals surface area contributed by atoms with E-state index in [2.05, 4.69) is 45.9 Å². The molecule has 1 spiro atoms. The lowest BCUT2D eigenvalue weighted by Gasteiger charge is -2.52. The minimum absolute atomic E-state index is 0.741. The molecule has 104 valence electrons. The van der Waals surface area contributed by atoms with Crippen LogP contribution in [0.3, 0.4) is 0 Å². The number of hydrogen-bond acceptors (Lipinski definition) is 1. The maximum atomic E-state index is 2.56. The van der Waals surface area contributed by atoms with E-state index in [0.29, 0.717) is 0 Å². The molecule has 0 unspecified atom stereocenters. The van der Waals surface area contributed by atoms with Gasteiger partial charge in [0, 0.05) is 36.0 Å². The standard InChI is InChI=1S/C16H28IN/c1-3-5-7-14(6-4-2)15-12-16(13-15)8-10-18(17)11-9-16/h7,15H,3-6,8-13H2,1-2H3/b14-7-. The average molecular weight is 361 g/mol. The van der Waals surface area contributed by atoms with Crippen molar-refractivity contribution in [1.82, 2.24) is 3.11 Å². The van der Waals surface area contributed by atoms with Gasteiger partial charge in [-0.15, -0.1) is 0 Å². The van der Waals surface area contributed by atoms with E-state index in [-0.39, 0.29) is 0 Å². The van der Waals surface area contributed by atoms with E-state index in [4.69, 9.17) is 0 Å². The molecule has 1 aliphatic carbocycles. The zero-order valence-electron chi connectivity index (χ0n) is 12.1. The molecule has 18 heavy (non-hydrogen) atoms. The molecule has 1 saturated carbocycles. The molecule has 0 amide bonds. The number of halogens is 1. The van der Waals surface area contributed by atoms with Gasteiger partial charge < -0.3 is 0 Å². The fourth-order valence-corrected chi connectivity index (χ4v) is 4.18. The van der Waals surface area contributed by atoms with Gasteiger partial charge in [-0.3, -0.25) is 0 Å². The molecule has 1 heterocycles. The van der Waals surface area contributed by atoms with Gasteiger partial charge in [0.2, 0.25) is 0 Å². The van der Waals surface area contributed by atoms with Gasteiger partial charge in [-0.2, -0.15) is 0 Å². The highest BCUT2D eigenvalue weighted by atomic mass is 127. The van der Waals surface area contributed by atoms with Gasteiger partial charge in [-0.25, -0.2) is 3.11 Å². The van der Waals surface area contributed by atoms with Crippen molar-refractivity contribution < 1.29 is 0 Å². The average Bonchev–Trinajstić information content (AvgIpc) is 2.33.